The number of carbonyl (C=O) groups is 2. The highest BCUT2D eigenvalue weighted by atomic mass is 16.6. The fourth-order valence-corrected chi connectivity index (χ4v) is 2.73. The van der Waals surface area contributed by atoms with Crippen molar-refractivity contribution in [3.05, 3.63) is 84.1 Å². The van der Waals surface area contributed by atoms with Gasteiger partial charge in [0.1, 0.15) is 12.7 Å². The smallest absolute Gasteiger partial charge is 0.408 e. The number of hydrogen-bond donors (Lipinski definition) is 1. The average molecular weight is 367 g/mol. The molecule has 140 valence electrons. The highest BCUT2D eigenvalue weighted by molar-refractivity contribution is 5.89. The van der Waals surface area contributed by atoms with Gasteiger partial charge in [-0.3, -0.25) is 0 Å². The van der Waals surface area contributed by atoms with Crippen LogP contribution in [0.4, 0.5) is 4.79 Å². The highest BCUT2D eigenvalue weighted by Crippen LogP contribution is 2.18. The highest BCUT2D eigenvalue weighted by Gasteiger charge is 2.34. The summed E-state index contributed by atoms with van der Waals surface area (Å²) < 4.78 is 16.2. The molecule has 6 heteroatoms. The molecule has 1 aliphatic heterocycles. The van der Waals surface area contributed by atoms with Crippen LogP contribution in [0.25, 0.3) is 0 Å². The van der Waals surface area contributed by atoms with E-state index in [1.54, 1.807) is 37.3 Å². The van der Waals surface area contributed by atoms with Crippen LogP contribution in [0.3, 0.4) is 0 Å². The standard InChI is InChI=1S/C21H21NO5/c1-15(27-20(23)17-10-6-3-7-11-17)19-18(12-13-25-19)22-21(24)26-14-16-8-4-2-5-9-16/h2-13,15,18-19H,14H2,1H3,(H,22,24)/t15-,18-,19-/m1/s1. The quantitative estimate of drug-likeness (QED) is 0.792. The first-order chi connectivity index (χ1) is 13.1. The summed E-state index contributed by atoms with van der Waals surface area (Å²) in [5.74, 6) is -0.441. The summed E-state index contributed by atoms with van der Waals surface area (Å²) in [6.45, 7) is 1.90. The van der Waals surface area contributed by atoms with Gasteiger partial charge in [-0.25, -0.2) is 9.59 Å². The van der Waals surface area contributed by atoms with E-state index >= 15 is 0 Å². The number of ether oxygens (including phenoxy) is 3. The van der Waals surface area contributed by atoms with E-state index in [9.17, 15) is 9.59 Å². The molecule has 0 unspecified atom stereocenters. The predicted octanol–water partition coefficient (Wildman–Crippen LogP) is 3.44. The molecule has 6 nitrogen and oxygen atoms in total. The summed E-state index contributed by atoms with van der Waals surface area (Å²) in [5.41, 5.74) is 1.36. The zero-order chi connectivity index (χ0) is 19.1. The Morgan fingerprint density at radius 1 is 1.07 bits per heavy atom. The van der Waals surface area contributed by atoms with Gasteiger partial charge in [0.25, 0.3) is 0 Å². The minimum atomic E-state index is -0.564. The number of nitrogens with one attached hydrogen (secondary N) is 1. The molecule has 0 bridgehead atoms. The molecule has 3 rings (SSSR count). The number of amides is 1. The Labute approximate surface area is 157 Å². The van der Waals surface area contributed by atoms with Crippen LogP contribution in [0, 0.1) is 0 Å². The van der Waals surface area contributed by atoms with Crippen molar-refractivity contribution < 1.29 is 23.8 Å². The number of carbonyl (C=O) groups excluding carboxylic acids is 2. The molecule has 0 aliphatic carbocycles. The molecule has 1 heterocycles. The lowest BCUT2D eigenvalue weighted by Crippen LogP contribution is -2.46. The Kier molecular flexibility index (Phi) is 6.10. The summed E-state index contributed by atoms with van der Waals surface area (Å²) in [7, 11) is 0. The summed E-state index contributed by atoms with van der Waals surface area (Å²) in [6, 6.07) is 17.7. The molecule has 27 heavy (non-hydrogen) atoms. The fraction of sp³-hybridized carbons (Fsp3) is 0.238. The van der Waals surface area contributed by atoms with Crippen LogP contribution in [-0.4, -0.2) is 30.3 Å². The van der Waals surface area contributed by atoms with Gasteiger partial charge >= 0.3 is 12.1 Å². The molecule has 3 atom stereocenters. The van der Waals surface area contributed by atoms with Crippen molar-refractivity contribution in [2.75, 3.05) is 0 Å². The Balaban J connectivity index is 1.50. The Morgan fingerprint density at radius 2 is 1.74 bits per heavy atom. The van der Waals surface area contributed by atoms with Gasteiger partial charge in [0, 0.05) is 0 Å². The second kappa shape index (κ2) is 8.89. The van der Waals surface area contributed by atoms with E-state index in [-0.39, 0.29) is 6.61 Å². The number of alkyl carbamates (subject to hydrolysis) is 1. The largest absolute Gasteiger partial charge is 0.492 e. The van der Waals surface area contributed by atoms with Gasteiger partial charge in [0.2, 0.25) is 0 Å². The normalized spacial score (nSPS) is 19.0. The summed E-state index contributed by atoms with van der Waals surface area (Å²) in [4.78, 5) is 24.2. The topological polar surface area (TPSA) is 73.9 Å². The predicted molar refractivity (Wildman–Crippen MR) is 98.9 cm³/mol. The maximum Gasteiger partial charge on any atom is 0.408 e. The Hall–Kier alpha value is -3.28. The third-order valence-electron chi connectivity index (χ3n) is 4.14. The summed E-state index contributed by atoms with van der Waals surface area (Å²) in [5, 5.41) is 2.73. The molecule has 2 aromatic rings. The van der Waals surface area contributed by atoms with E-state index in [2.05, 4.69) is 5.32 Å². The minimum Gasteiger partial charge on any atom is -0.492 e. The van der Waals surface area contributed by atoms with Crippen LogP contribution in [0.1, 0.15) is 22.8 Å². The molecule has 2 aromatic carbocycles. The lowest BCUT2D eigenvalue weighted by atomic mass is 10.1. The van der Waals surface area contributed by atoms with Crippen molar-refractivity contribution in [1.82, 2.24) is 5.32 Å². The maximum atomic E-state index is 12.2. The van der Waals surface area contributed by atoms with Crippen molar-refractivity contribution in [3.63, 3.8) is 0 Å². The van der Waals surface area contributed by atoms with Gasteiger partial charge < -0.3 is 19.5 Å². The van der Waals surface area contributed by atoms with E-state index in [0.29, 0.717) is 5.56 Å². The van der Waals surface area contributed by atoms with E-state index in [4.69, 9.17) is 14.2 Å². The van der Waals surface area contributed by atoms with Crippen molar-refractivity contribution >= 4 is 12.1 Å². The molecule has 0 aromatic heterocycles. The van der Waals surface area contributed by atoms with Crippen LogP contribution in [0.5, 0.6) is 0 Å². The van der Waals surface area contributed by atoms with Crippen LogP contribution in [0.2, 0.25) is 0 Å². The van der Waals surface area contributed by atoms with E-state index in [1.807, 2.05) is 36.4 Å². The second-order valence-corrected chi connectivity index (χ2v) is 6.14. The lowest BCUT2D eigenvalue weighted by Gasteiger charge is -2.25. The first-order valence-electron chi connectivity index (χ1n) is 8.69. The zero-order valence-corrected chi connectivity index (χ0v) is 14.9. The first-order valence-corrected chi connectivity index (χ1v) is 8.69. The molecule has 0 fully saturated rings. The van der Waals surface area contributed by atoms with Crippen molar-refractivity contribution in [1.29, 1.82) is 0 Å². The molecular weight excluding hydrogens is 346 g/mol. The molecule has 1 amide bonds. The van der Waals surface area contributed by atoms with E-state index < -0.39 is 30.3 Å². The van der Waals surface area contributed by atoms with Gasteiger partial charge in [0.05, 0.1) is 17.9 Å². The SMILES string of the molecule is C[C@@H](OC(=O)c1ccccc1)[C@H]1OC=C[C@H]1NC(=O)OCc1ccccc1. The molecule has 1 aliphatic rings. The summed E-state index contributed by atoms with van der Waals surface area (Å²) in [6.07, 6.45) is 1.53. The second-order valence-electron chi connectivity index (χ2n) is 6.14. The van der Waals surface area contributed by atoms with Gasteiger partial charge in [-0.15, -0.1) is 0 Å². The summed E-state index contributed by atoms with van der Waals surface area (Å²) >= 11 is 0. The Morgan fingerprint density at radius 3 is 2.44 bits per heavy atom. The maximum absolute atomic E-state index is 12.2. The van der Waals surface area contributed by atoms with Crippen molar-refractivity contribution in [3.8, 4) is 0 Å². The van der Waals surface area contributed by atoms with E-state index in [1.165, 1.54) is 6.26 Å². The average Bonchev–Trinajstić information content (AvgIpc) is 3.16. The van der Waals surface area contributed by atoms with Crippen LogP contribution < -0.4 is 5.32 Å². The molecule has 0 radical (unpaired) electrons. The Bertz CT molecular complexity index is 791. The number of hydrogen-bond acceptors (Lipinski definition) is 5. The van der Waals surface area contributed by atoms with Crippen LogP contribution in [-0.2, 0) is 20.8 Å². The van der Waals surface area contributed by atoms with Crippen molar-refractivity contribution in [2.24, 2.45) is 0 Å². The minimum absolute atomic E-state index is 0.174. The van der Waals surface area contributed by atoms with Gasteiger partial charge in [-0.1, -0.05) is 48.5 Å². The van der Waals surface area contributed by atoms with Crippen molar-refractivity contribution in [2.45, 2.75) is 31.8 Å². The fourth-order valence-electron chi connectivity index (χ4n) is 2.73. The van der Waals surface area contributed by atoms with E-state index in [0.717, 1.165) is 5.56 Å². The molecule has 1 N–H and O–H groups in total. The zero-order valence-electron chi connectivity index (χ0n) is 14.9. The first kappa shape index (κ1) is 18.5. The lowest BCUT2D eigenvalue weighted by molar-refractivity contribution is -0.0152. The van der Waals surface area contributed by atoms with Crippen LogP contribution in [0.15, 0.2) is 73.0 Å². The third kappa shape index (κ3) is 5.10. The van der Waals surface area contributed by atoms with Gasteiger partial charge in [-0.2, -0.15) is 0 Å². The third-order valence-corrected chi connectivity index (χ3v) is 4.14. The van der Waals surface area contributed by atoms with Gasteiger partial charge in [-0.05, 0) is 30.7 Å². The molecular formula is C21H21NO5. The molecule has 0 spiro atoms. The number of esters is 1. The monoisotopic (exact) mass is 367 g/mol. The molecule has 0 saturated carbocycles. The molecule has 0 saturated heterocycles. The van der Waals surface area contributed by atoms with Crippen LogP contribution >= 0.6 is 0 Å². The van der Waals surface area contributed by atoms with Gasteiger partial charge in [0.15, 0.2) is 6.10 Å². The number of benzene rings is 2. The number of rotatable bonds is 6.